The number of piperidine rings is 1. The Kier molecular flexibility index (Phi) is 5.17. The van der Waals surface area contributed by atoms with Crippen molar-refractivity contribution in [1.29, 1.82) is 0 Å². The van der Waals surface area contributed by atoms with Crippen molar-refractivity contribution in [2.45, 2.75) is 58.6 Å². The number of hydrogen-bond donors (Lipinski definition) is 0. The average molecular weight is 319 g/mol. The summed E-state index contributed by atoms with van der Waals surface area (Å²) in [5, 5.41) is 0. The summed E-state index contributed by atoms with van der Waals surface area (Å²) in [6.45, 7) is 8.48. The van der Waals surface area contributed by atoms with Crippen LogP contribution in [0.4, 0.5) is 10.6 Å². The molecule has 1 saturated heterocycles. The molecule has 0 bridgehead atoms. The minimum Gasteiger partial charge on any atom is -0.444 e. The van der Waals surface area contributed by atoms with Crippen molar-refractivity contribution in [1.82, 2.24) is 9.88 Å². The molecule has 0 N–H and O–H groups in total. The molecule has 23 heavy (non-hydrogen) atoms. The van der Waals surface area contributed by atoms with Crippen LogP contribution in [0.1, 0.15) is 57.3 Å². The molecule has 1 fully saturated rings. The van der Waals surface area contributed by atoms with Gasteiger partial charge in [0.15, 0.2) is 0 Å². The van der Waals surface area contributed by atoms with Gasteiger partial charge in [-0.3, -0.25) is 0 Å². The Morgan fingerprint density at radius 1 is 1.30 bits per heavy atom. The Hall–Kier alpha value is -1.78. The molecule has 1 aliphatic heterocycles. The van der Waals surface area contributed by atoms with E-state index in [1.165, 1.54) is 0 Å². The smallest absolute Gasteiger partial charge is 0.410 e. The Labute approximate surface area is 139 Å². The number of amides is 1. The van der Waals surface area contributed by atoms with Gasteiger partial charge in [-0.2, -0.15) is 0 Å². The summed E-state index contributed by atoms with van der Waals surface area (Å²) < 4.78 is 5.59. The van der Waals surface area contributed by atoms with Crippen molar-refractivity contribution in [2.24, 2.45) is 0 Å². The van der Waals surface area contributed by atoms with Crippen LogP contribution in [-0.2, 0) is 4.74 Å². The third-order valence-corrected chi connectivity index (χ3v) is 4.06. The van der Waals surface area contributed by atoms with Crippen molar-refractivity contribution < 1.29 is 9.53 Å². The first-order chi connectivity index (χ1) is 10.7. The highest BCUT2D eigenvalue weighted by molar-refractivity contribution is 5.69. The van der Waals surface area contributed by atoms with Crippen LogP contribution >= 0.6 is 0 Å². The molecule has 2 rings (SSSR count). The molecule has 0 saturated carbocycles. The van der Waals surface area contributed by atoms with Crippen molar-refractivity contribution in [3.63, 3.8) is 0 Å². The van der Waals surface area contributed by atoms with Crippen LogP contribution < -0.4 is 4.90 Å². The second kappa shape index (κ2) is 6.77. The number of anilines is 1. The maximum atomic E-state index is 12.6. The Morgan fingerprint density at radius 2 is 2.00 bits per heavy atom. The molecule has 5 heteroatoms. The second-order valence-electron chi connectivity index (χ2n) is 7.42. The van der Waals surface area contributed by atoms with E-state index in [9.17, 15) is 4.79 Å². The molecule has 1 aliphatic rings. The molecule has 0 unspecified atom stereocenters. The topological polar surface area (TPSA) is 45.7 Å². The molecule has 5 nitrogen and oxygen atoms in total. The van der Waals surface area contributed by atoms with Gasteiger partial charge in [0.1, 0.15) is 11.4 Å². The lowest BCUT2D eigenvalue weighted by atomic mass is 9.94. The molecule has 0 spiro atoms. The Balaban J connectivity index is 2.26. The molecular formula is C18H29N3O2. The summed E-state index contributed by atoms with van der Waals surface area (Å²) in [5.41, 5.74) is 1.64. The molecule has 1 aromatic rings. The van der Waals surface area contributed by atoms with Crippen molar-refractivity contribution in [3.8, 4) is 0 Å². The number of nitrogens with zero attached hydrogens (tertiary/aromatic N) is 3. The number of carbonyl (C=O) groups excluding carboxylic acids is 1. The first-order valence-electron chi connectivity index (χ1n) is 8.33. The minimum atomic E-state index is -0.471. The largest absolute Gasteiger partial charge is 0.444 e. The number of aryl methyl sites for hydroxylation is 1. The molecular weight excluding hydrogens is 290 g/mol. The fourth-order valence-corrected chi connectivity index (χ4v) is 2.95. The fourth-order valence-electron chi connectivity index (χ4n) is 2.95. The lowest BCUT2D eigenvalue weighted by Gasteiger charge is -2.37. The summed E-state index contributed by atoms with van der Waals surface area (Å²) in [6.07, 6.45) is 2.89. The number of rotatable bonds is 2. The van der Waals surface area contributed by atoms with E-state index in [2.05, 4.69) is 11.1 Å². The van der Waals surface area contributed by atoms with Crippen LogP contribution in [0.3, 0.4) is 0 Å². The molecule has 0 aromatic carbocycles. The van der Waals surface area contributed by atoms with E-state index in [1.54, 1.807) is 0 Å². The number of ether oxygens (including phenoxy) is 1. The van der Waals surface area contributed by atoms with E-state index in [0.717, 1.165) is 42.9 Å². The van der Waals surface area contributed by atoms with Gasteiger partial charge in [-0.1, -0.05) is 6.07 Å². The van der Waals surface area contributed by atoms with E-state index in [4.69, 9.17) is 4.74 Å². The van der Waals surface area contributed by atoms with Crippen molar-refractivity contribution in [3.05, 3.63) is 23.4 Å². The van der Waals surface area contributed by atoms with E-state index in [1.807, 2.05) is 57.7 Å². The normalized spacial score (nSPS) is 18.7. The average Bonchev–Trinajstić information content (AvgIpc) is 2.45. The predicted octanol–water partition coefficient (Wildman–Crippen LogP) is 3.92. The predicted molar refractivity (Wildman–Crippen MR) is 92.8 cm³/mol. The van der Waals surface area contributed by atoms with Gasteiger partial charge < -0.3 is 14.5 Å². The highest BCUT2D eigenvalue weighted by Gasteiger charge is 2.32. The SMILES string of the molecule is Cc1nc(N(C)C)ccc1[C@@H]1CCCCN1C(=O)OC(C)(C)C. The number of hydrogen-bond acceptors (Lipinski definition) is 4. The molecule has 0 radical (unpaired) electrons. The minimum absolute atomic E-state index is 0.0577. The maximum absolute atomic E-state index is 12.6. The molecule has 1 aromatic heterocycles. The van der Waals surface area contributed by atoms with Gasteiger partial charge in [-0.15, -0.1) is 0 Å². The lowest BCUT2D eigenvalue weighted by Crippen LogP contribution is -2.42. The van der Waals surface area contributed by atoms with E-state index < -0.39 is 5.60 Å². The Bertz CT molecular complexity index is 564. The van der Waals surface area contributed by atoms with E-state index in [0.29, 0.717) is 0 Å². The highest BCUT2D eigenvalue weighted by atomic mass is 16.6. The second-order valence-corrected chi connectivity index (χ2v) is 7.42. The molecule has 128 valence electrons. The summed E-state index contributed by atoms with van der Waals surface area (Å²) in [5.74, 6) is 0.936. The van der Waals surface area contributed by atoms with Gasteiger partial charge in [0, 0.05) is 26.3 Å². The zero-order valence-electron chi connectivity index (χ0n) is 15.2. The molecule has 1 atom stereocenters. The quantitative estimate of drug-likeness (QED) is 0.829. The highest BCUT2D eigenvalue weighted by Crippen LogP contribution is 2.34. The zero-order chi connectivity index (χ0) is 17.2. The van der Waals surface area contributed by atoms with E-state index >= 15 is 0 Å². The molecule has 1 amide bonds. The third-order valence-electron chi connectivity index (χ3n) is 4.06. The monoisotopic (exact) mass is 319 g/mol. The lowest BCUT2D eigenvalue weighted by molar-refractivity contribution is 0.00942. The molecule has 2 heterocycles. The third kappa shape index (κ3) is 4.36. The van der Waals surface area contributed by atoms with Gasteiger partial charge in [-0.05, 0) is 58.6 Å². The number of likely N-dealkylation sites (tertiary alicyclic amines) is 1. The Morgan fingerprint density at radius 3 is 2.57 bits per heavy atom. The number of aromatic nitrogens is 1. The van der Waals surface area contributed by atoms with Gasteiger partial charge in [0.2, 0.25) is 0 Å². The zero-order valence-corrected chi connectivity index (χ0v) is 15.2. The maximum Gasteiger partial charge on any atom is 0.410 e. The fraction of sp³-hybridized carbons (Fsp3) is 0.667. The first-order valence-corrected chi connectivity index (χ1v) is 8.33. The summed E-state index contributed by atoms with van der Waals surface area (Å²) >= 11 is 0. The van der Waals surface area contributed by atoms with Crippen LogP contribution in [0, 0.1) is 6.92 Å². The van der Waals surface area contributed by atoms with Crippen LogP contribution in [0.5, 0.6) is 0 Å². The van der Waals surface area contributed by atoms with Gasteiger partial charge >= 0.3 is 6.09 Å². The van der Waals surface area contributed by atoms with Crippen molar-refractivity contribution >= 4 is 11.9 Å². The van der Waals surface area contributed by atoms with Gasteiger partial charge in [0.05, 0.1) is 6.04 Å². The number of carbonyl (C=O) groups is 1. The van der Waals surface area contributed by atoms with Crippen LogP contribution in [0.2, 0.25) is 0 Å². The first kappa shape index (κ1) is 17.6. The number of pyridine rings is 1. The van der Waals surface area contributed by atoms with Gasteiger partial charge in [0.25, 0.3) is 0 Å². The van der Waals surface area contributed by atoms with Crippen LogP contribution in [0.25, 0.3) is 0 Å². The molecule has 0 aliphatic carbocycles. The summed E-state index contributed by atoms with van der Waals surface area (Å²) in [6, 6.07) is 4.18. The van der Waals surface area contributed by atoms with E-state index in [-0.39, 0.29) is 12.1 Å². The summed E-state index contributed by atoms with van der Waals surface area (Å²) in [4.78, 5) is 21.1. The summed E-state index contributed by atoms with van der Waals surface area (Å²) in [7, 11) is 3.96. The van der Waals surface area contributed by atoms with Gasteiger partial charge in [-0.25, -0.2) is 9.78 Å². The standard InChI is InChI=1S/C18H29N3O2/c1-13-14(10-11-16(19-13)20(5)6)15-9-7-8-12-21(15)17(22)23-18(2,3)4/h10-11,15H,7-9,12H2,1-6H3/t15-/m0/s1. The van der Waals surface area contributed by atoms with Crippen molar-refractivity contribution in [2.75, 3.05) is 25.5 Å². The van der Waals surface area contributed by atoms with Crippen LogP contribution in [-0.4, -0.2) is 42.2 Å². The van der Waals surface area contributed by atoms with Crippen LogP contribution in [0.15, 0.2) is 12.1 Å².